The summed E-state index contributed by atoms with van der Waals surface area (Å²) in [4.78, 5) is 28.4. The molecule has 6 nitrogen and oxygen atoms in total. The summed E-state index contributed by atoms with van der Waals surface area (Å²) in [6.45, 7) is 3.02. The zero-order chi connectivity index (χ0) is 19.1. The second-order valence-corrected chi connectivity index (χ2v) is 6.29. The van der Waals surface area contributed by atoms with E-state index in [1.807, 2.05) is 35.8 Å². The molecule has 1 aromatic heterocycles. The molecule has 27 heavy (non-hydrogen) atoms. The van der Waals surface area contributed by atoms with E-state index in [2.05, 4.69) is 10.3 Å². The van der Waals surface area contributed by atoms with Crippen molar-refractivity contribution in [2.45, 2.75) is 32.7 Å². The molecule has 0 spiro atoms. The maximum absolute atomic E-state index is 12.2. The first-order valence-electron chi connectivity index (χ1n) is 9.14. The van der Waals surface area contributed by atoms with Gasteiger partial charge in [-0.3, -0.25) is 4.79 Å². The minimum Gasteiger partial charge on any atom is -0.462 e. The number of hydrogen-bond acceptors (Lipinski definition) is 4. The lowest BCUT2D eigenvalue weighted by Crippen LogP contribution is -2.14. The first-order valence-corrected chi connectivity index (χ1v) is 9.14. The molecule has 1 N–H and O–H groups in total. The average Bonchev–Trinajstić information content (AvgIpc) is 3.10. The number of esters is 1. The van der Waals surface area contributed by atoms with E-state index in [4.69, 9.17) is 4.74 Å². The Bertz CT molecular complexity index is 916. The molecule has 3 aromatic rings. The largest absolute Gasteiger partial charge is 0.462 e. The van der Waals surface area contributed by atoms with Crippen molar-refractivity contribution in [2.24, 2.45) is 0 Å². The summed E-state index contributed by atoms with van der Waals surface area (Å²) in [5.74, 6) is -0.431. The van der Waals surface area contributed by atoms with Gasteiger partial charge in [-0.25, -0.2) is 9.78 Å². The highest BCUT2D eigenvalue weighted by atomic mass is 16.5. The molecular weight excluding hydrogens is 342 g/mol. The van der Waals surface area contributed by atoms with Crippen molar-refractivity contribution in [2.75, 3.05) is 11.9 Å². The Labute approximate surface area is 158 Å². The van der Waals surface area contributed by atoms with Crippen LogP contribution in [0.3, 0.4) is 0 Å². The number of rotatable bonds is 8. The van der Waals surface area contributed by atoms with E-state index in [9.17, 15) is 9.59 Å². The molecule has 0 saturated carbocycles. The minimum atomic E-state index is -0.340. The van der Waals surface area contributed by atoms with Gasteiger partial charge < -0.3 is 14.6 Å². The van der Waals surface area contributed by atoms with Crippen LogP contribution in [0.15, 0.2) is 54.9 Å². The number of para-hydroxylation sites is 2. The molecule has 2 aromatic carbocycles. The van der Waals surface area contributed by atoms with Gasteiger partial charge in [0.1, 0.15) is 0 Å². The molecule has 1 heterocycles. The van der Waals surface area contributed by atoms with E-state index < -0.39 is 0 Å². The first kappa shape index (κ1) is 18.6. The molecule has 3 rings (SSSR count). The normalized spacial score (nSPS) is 10.7. The van der Waals surface area contributed by atoms with Gasteiger partial charge in [-0.15, -0.1) is 0 Å². The van der Waals surface area contributed by atoms with Crippen molar-refractivity contribution in [1.82, 2.24) is 9.55 Å². The quantitative estimate of drug-likeness (QED) is 0.483. The lowest BCUT2D eigenvalue weighted by molar-refractivity contribution is -0.116. The number of aromatic nitrogens is 2. The van der Waals surface area contributed by atoms with E-state index >= 15 is 0 Å². The maximum atomic E-state index is 12.2. The number of fused-ring (bicyclic) bond motifs is 1. The Morgan fingerprint density at radius 2 is 1.89 bits per heavy atom. The van der Waals surface area contributed by atoms with Gasteiger partial charge in [0.2, 0.25) is 5.91 Å². The number of nitrogens with zero attached hydrogens (tertiary/aromatic N) is 2. The maximum Gasteiger partial charge on any atom is 0.338 e. The van der Waals surface area contributed by atoms with Crippen LogP contribution in [0.2, 0.25) is 0 Å². The van der Waals surface area contributed by atoms with E-state index in [-0.39, 0.29) is 11.9 Å². The third kappa shape index (κ3) is 4.94. The fourth-order valence-electron chi connectivity index (χ4n) is 2.72. The summed E-state index contributed by atoms with van der Waals surface area (Å²) in [6.07, 6.45) is 3.91. The second kappa shape index (κ2) is 8.98. The highest BCUT2D eigenvalue weighted by Crippen LogP contribution is 2.14. The molecule has 6 heteroatoms. The zero-order valence-corrected chi connectivity index (χ0v) is 15.4. The van der Waals surface area contributed by atoms with Crippen LogP contribution in [0.4, 0.5) is 5.69 Å². The van der Waals surface area contributed by atoms with Crippen LogP contribution in [0.25, 0.3) is 11.0 Å². The van der Waals surface area contributed by atoms with Crippen molar-refractivity contribution in [3.63, 3.8) is 0 Å². The molecule has 0 aliphatic heterocycles. The van der Waals surface area contributed by atoms with E-state index in [0.29, 0.717) is 30.8 Å². The number of carbonyl (C=O) groups excluding carboxylic acids is 2. The van der Waals surface area contributed by atoms with Gasteiger partial charge in [-0.05, 0) is 42.8 Å². The third-order valence-electron chi connectivity index (χ3n) is 4.24. The number of unbranched alkanes of at least 4 members (excludes halogenated alkanes) is 1. The summed E-state index contributed by atoms with van der Waals surface area (Å²) in [5.41, 5.74) is 3.06. The molecule has 1 amide bonds. The molecule has 0 unspecified atom stereocenters. The molecule has 0 atom stereocenters. The van der Waals surface area contributed by atoms with Crippen molar-refractivity contribution in [3.05, 3.63) is 60.4 Å². The molecule has 0 aliphatic carbocycles. The van der Waals surface area contributed by atoms with Crippen molar-refractivity contribution in [1.29, 1.82) is 0 Å². The number of benzene rings is 2. The van der Waals surface area contributed by atoms with Crippen LogP contribution in [0.5, 0.6) is 0 Å². The zero-order valence-electron chi connectivity index (χ0n) is 15.4. The summed E-state index contributed by atoms with van der Waals surface area (Å²) < 4.78 is 7.13. The molecule has 0 fully saturated rings. The summed E-state index contributed by atoms with van der Waals surface area (Å²) in [7, 11) is 0. The van der Waals surface area contributed by atoms with Crippen molar-refractivity contribution >= 4 is 28.6 Å². The monoisotopic (exact) mass is 365 g/mol. The van der Waals surface area contributed by atoms with E-state index in [1.165, 1.54) is 0 Å². The van der Waals surface area contributed by atoms with Crippen LogP contribution < -0.4 is 5.32 Å². The number of imidazole rings is 1. The number of ether oxygens (including phenoxy) is 1. The number of aryl methyl sites for hydroxylation is 1. The van der Waals surface area contributed by atoms with Gasteiger partial charge in [0.15, 0.2) is 0 Å². The summed E-state index contributed by atoms with van der Waals surface area (Å²) in [5, 5.41) is 2.85. The van der Waals surface area contributed by atoms with Gasteiger partial charge in [0, 0.05) is 18.7 Å². The summed E-state index contributed by atoms with van der Waals surface area (Å²) >= 11 is 0. The predicted molar refractivity (Wildman–Crippen MR) is 105 cm³/mol. The fourth-order valence-corrected chi connectivity index (χ4v) is 2.72. The van der Waals surface area contributed by atoms with Crippen LogP contribution in [-0.2, 0) is 16.1 Å². The first-order chi connectivity index (χ1) is 13.2. The number of carbonyl (C=O) groups is 2. The number of hydrogen-bond donors (Lipinski definition) is 1. The van der Waals surface area contributed by atoms with Gasteiger partial charge >= 0.3 is 5.97 Å². The Morgan fingerprint density at radius 3 is 2.67 bits per heavy atom. The molecular formula is C21H23N3O3. The van der Waals surface area contributed by atoms with Crippen LogP contribution >= 0.6 is 0 Å². The van der Waals surface area contributed by atoms with Crippen LogP contribution in [0, 0.1) is 0 Å². The summed E-state index contributed by atoms with van der Waals surface area (Å²) in [6, 6.07) is 14.6. The number of nitrogens with one attached hydrogen (secondary N) is 1. The Hall–Kier alpha value is -3.15. The van der Waals surface area contributed by atoms with E-state index in [1.54, 1.807) is 30.6 Å². The van der Waals surface area contributed by atoms with Gasteiger partial charge in [-0.2, -0.15) is 0 Å². The molecule has 0 aliphatic rings. The standard InChI is InChI=1S/C21H23N3O3/c1-2-3-14-27-21(26)16-8-10-17(11-9-16)23-20(25)12-13-24-15-22-18-6-4-5-7-19(18)24/h4-11,15H,2-3,12-14H2,1H3,(H,23,25). The second-order valence-electron chi connectivity index (χ2n) is 6.29. The van der Waals surface area contributed by atoms with Gasteiger partial charge in [0.05, 0.1) is 29.5 Å². The highest BCUT2D eigenvalue weighted by molar-refractivity contribution is 5.93. The Balaban J connectivity index is 1.51. The smallest absolute Gasteiger partial charge is 0.338 e. The van der Waals surface area contributed by atoms with Crippen molar-refractivity contribution < 1.29 is 14.3 Å². The average molecular weight is 365 g/mol. The fraction of sp³-hybridized carbons (Fsp3) is 0.286. The molecule has 0 saturated heterocycles. The minimum absolute atomic E-state index is 0.0916. The third-order valence-corrected chi connectivity index (χ3v) is 4.24. The Morgan fingerprint density at radius 1 is 1.11 bits per heavy atom. The topological polar surface area (TPSA) is 73.2 Å². The van der Waals surface area contributed by atoms with Gasteiger partial charge in [-0.1, -0.05) is 25.5 Å². The number of anilines is 1. The Kier molecular flexibility index (Phi) is 6.20. The molecule has 140 valence electrons. The lowest BCUT2D eigenvalue weighted by atomic mass is 10.2. The number of amides is 1. The SMILES string of the molecule is CCCCOC(=O)c1ccc(NC(=O)CCn2cnc3ccccc32)cc1. The van der Waals surface area contributed by atoms with Crippen LogP contribution in [0.1, 0.15) is 36.5 Å². The highest BCUT2D eigenvalue weighted by Gasteiger charge is 2.09. The van der Waals surface area contributed by atoms with Gasteiger partial charge in [0.25, 0.3) is 0 Å². The molecule has 0 radical (unpaired) electrons. The predicted octanol–water partition coefficient (Wildman–Crippen LogP) is 4.02. The lowest BCUT2D eigenvalue weighted by Gasteiger charge is -2.08. The van der Waals surface area contributed by atoms with Crippen LogP contribution in [-0.4, -0.2) is 28.0 Å². The van der Waals surface area contributed by atoms with E-state index in [0.717, 1.165) is 23.9 Å². The molecule has 0 bridgehead atoms. The van der Waals surface area contributed by atoms with Crippen molar-refractivity contribution in [3.8, 4) is 0 Å².